The van der Waals surface area contributed by atoms with Crippen molar-refractivity contribution >= 4 is 11.8 Å². The van der Waals surface area contributed by atoms with Crippen molar-refractivity contribution in [2.45, 2.75) is 57.6 Å². The number of thioether (sulfide) groups is 1. The van der Waals surface area contributed by atoms with Crippen LogP contribution in [0.15, 0.2) is 4.52 Å². The summed E-state index contributed by atoms with van der Waals surface area (Å²) in [5.41, 5.74) is 6.06. The van der Waals surface area contributed by atoms with Crippen LogP contribution in [0.1, 0.15) is 63.7 Å². The molecule has 0 aliphatic heterocycles. The summed E-state index contributed by atoms with van der Waals surface area (Å²) in [5.74, 6) is 2.18. The minimum Gasteiger partial charge on any atom is -0.370 e. The number of ether oxygens (including phenoxy) is 1. The lowest BCUT2D eigenvalue weighted by Gasteiger charge is -2.40. The second-order valence-electron chi connectivity index (χ2n) is 6.71. The highest BCUT2D eigenvalue weighted by molar-refractivity contribution is 7.98. The zero-order chi connectivity index (χ0) is 15.5. The first-order valence-corrected chi connectivity index (χ1v) is 8.96. The first-order chi connectivity index (χ1) is 9.92. The molecule has 1 atom stereocenters. The highest BCUT2D eigenvalue weighted by Crippen LogP contribution is 2.46. The van der Waals surface area contributed by atoms with Gasteiger partial charge < -0.3 is 15.0 Å². The molecular weight excluding hydrogens is 286 g/mol. The minimum atomic E-state index is -0.406. The Bertz CT molecular complexity index is 452. The van der Waals surface area contributed by atoms with E-state index in [2.05, 4.69) is 30.2 Å². The van der Waals surface area contributed by atoms with E-state index in [4.69, 9.17) is 15.0 Å². The summed E-state index contributed by atoms with van der Waals surface area (Å²) in [6, 6.07) is -0.187. The summed E-state index contributed by atoms with van der Waals surface area (Å²) in [4.78, 5) is 4.54. The predicted molar refractivity (Wildman–Crippen MR) is 85.2 cm³/mol. The molecule has 2 rings (SSSR count). The van der Waals surface area contributed by atoms with Gasteiger partial charge in [0.2, 0.25) is 11.7 Å². The van der Waals surface area contributed by atoms with Gasteiger partial charge in [-0.2, -0.15) is 16.7 Å². The summed E-state index contributed by atoms with van der Waals surface area (Å²) in [6.45, 7) is 4.60. The van der Waals surface area contributed by atoms with E-state index < -0.39 is 5.60 Å². The Morgan fingerprint density at radius 2 is 2.00 bits per heavy atom. The Kier molecular flexibility index (Phi) is 5.33. The van der Waals surface area contributed by atoms with Crippen LogP contribution in [0.5, 0.6) is 0 Å². The van der Waals surface area contributed by atoms with Crippen LogP contribution < -0.4 is 5.73 Å². The Morgan fingerprint density at radius 1 is 1.33 bits per heavy atom. The van der Waals surface area contributed by atoms with E-state index in [0.29, 0.717) is 17.1 Å². The third-order valence-corrected chi connectivity index (χ3v) is 5.25. The van der Waals surface area contributed by atoms with Crippen LogP contribution in [0, 0.1) is 5.41 Å². The van der Waals surface area contributed by atoms with Gasteiger partial charge in [0.1, 0.15) is 5.60 Å². The van der Waals surface area contributed by atoms with Crippen LogP contribution in [0.4, 0.5) is 0 Å². The summed E-state index contributed by atoms with van der Waals surface area (Å²) in [5, 5.41) is 4.16. The molecule has 0 spiro atoms. The number of rotatable bonds is 6. The van der Waals surface area contributed by atoms with Crippen molar-refractivity contribution in [2.24, 2.45) is 11.1 Å². The molecule has 6 heteroatoms. The van der Waals surface area contributed by atoms with Gasteiger partial charge >= 0.3 is 0 Å². The topological polar surface area (TPSA) is 74.2 Å². The minimum absolute atomic E-state index is 0.187. The van der Waals surface area contributed by atoms with E-state index in [1.807, 2.05) is 0 Å². The normalized spacial score (nSPS) is 22.1. The maximum absolute atomic E-state index is 6.10. The van der Waals surface area contributed by atoms with Gasteiger partial charge in [-0.3, -0.25) is 0 Å². The first kappa shape index (κ1) is 16.8. The molecule has 0 saturated heterocycles. The maximum Gasteiger partial charge on any atom is 0.243 e. The van der Waals surface area contributed by atoms with Crippen LogP contribution in [0.25, 0.3) is 0 Å². The second kappa shape index (κ2) is 6.67. The number of nitrogens with zero attached hydrogens (tertiary/aromatic N) is 2. The number of hydrogen-bond acceptors (Lipinski definition) is 6. The Labute approximate surface area is 131 Å². The SMILES string of the molecule is COC1(c2noc(C(N)CCSC)n2)CCC(C)(C)CC1. The van der Waals surface area contributed by atoms with Crippen LogP contribution in [0.3, 0.4) is 0 Å². The molecule has 1 aliphatic rings. The van der Waals surface area contributed by atoms with Gasteiger partial charge in [0, 0.05) is 7.11 Å². The van der Waals surface area contributed by atoms with Crippen molar-refractivity contribution in [1.29, 1.82) is 0 Å². The number of aromatic nitrogens is 2. The molecule has 0 amide bonds. The second-order valence-corrected chi connectivity index (χ2v) is 7.69. The molecule has 21 heavy (non-hydrogen) atoms. The van der Waals surface area contributed by atoms with E-state index in [1.165, 1.54) is 0 Å². The molecule has 120 valence electrons. The number of methoxy groups -OCH3 is 1. The van der Waals surface area contributed by atoms with Crippen LogP contribution in [0.2, 0.25) is 0 Å². The molecule has 0 radical (unpaired) electrons. The lowest BCUT2D eigenvalue weighted by molar-refractivity contribution is -0.0740. The van der Waals surface area contributed by atoms with Crippen molar-refractivity contribution in [1.82, 2.24) is 10.1 Å². The predicted octanol–water partition coefficient (Wildman–Crippen LogP) is 3.26. The summed E-state index contributed by atoms with van der Waals surface area (Å²) in [6.07, 6.45) is 6.96. The Morgan fingerprint density at radius 3 is 2.57 bits per heavy atom. The van der Waals surface area contributed by atoms with Gasteiger partial charge in [-0.1, -0.05) is 19.0 Å². The average molecular weight is 313 g/mol. The van der Waals surface area contributed by atoms with Gasteiger partial charge in [-0.15, -0.1) is 0 Å². The molecule has 1 aliphatic carbocycles. The molecule has 5 nitrogen and oxygen atoms in total. The molecule has 1 aromatic rings. The monoisotopic (exact) mass is 313 g/mol. The van der Waals surface area contributed by atoms with E-state index >= 15 is 0 Å². The fourth-order valence-corrected chi connectivity index (χ4v) is 3.28. The molecule has 0 bridgehead atoms. The summed E-state index contributed by atoms with van der Waals surface area (Å²) < 4.78 is 11.2. The molecular formula is C15H27N3O2S. The van der Waals surface area contributed by atoms with E-state index in [0.717, 1.165) is 37.9 Å². The molecule has 1 heterocycles. The van der Waals surface area contributed by atoms with Crippen molar-refractivity contribution in [3.05, 3.63) is 11.7 Å². The van der Waals surface area contributed by atoms with Crippen LogP contribution >= 0.6 is 11.8 Å². The van der Waals surface area contributed by atoms with Gasteiger partial charge in [-0.05, 0) is 49.5 Å². The van der Waals surface area contributed by atoms with Crippen molar-refractivity contribution < 1.29 is 9.26 Å². The quantitative estimate of drug-likeness (QED) is 0.869. The first-order valence-electron chi connectivity index (χ1n) is 7.56. The Hall–Kier alpha value is -0.590. The van der Waals surface area contributed by atoms with Crippen molar-refractivity contribution in [3.8, 4) is 0 Å². The molecule has 1 fully saturated rings. The van der Waals surface area contributed by atoms with Gasteiger partial charge in [0.05, 0.1) is 6.04 Å². The van der Waals surface area contributed by atoms with Crippen molar-refractivity contribution in [3.63, 3.8) is 0 Å². The van der Waals surface area contributed by atoms with E-state index in [9.17, 15) is 0 Å². The fraction of sp³-hybridized carbons (Fsp3) is 0.867. The summed E-state index contributed by atoms with van der Waals surface area (Å²) in [7, 11) is 1.74. The molecule has 2 N–H and O–H groups in total. The largest absolute Gasteiger partial charge is 0.370 e. The highest BCUT2D eigenvalue weighted by atomic mass is 32.2. The lowest BCUT2D eigenvalue weighted by Crippen LogP contribution is -2.37. The average Bonchev–Trinajstić information content (AvgIpc) is 2.96. The molecule has 1 aromatic heterocycles. The maximum atomic E-state index is 6.10. The molecule has 0 aromatic carbocycles. The van der Waals surface area contributed by atoms with Crippen LogP contribution in [-0.2, 0) is 10.3 Å². The zero-order valence-electron chi connectivity index (χ0n) is 13.5. The Balaban J connectivity index is 2.11. The number of hydrogen-bond donors (Lipinski definition) is 1. The van der Waals surface area contributed by atoms with Gasteiger partial charge in [0.15, 0.2) is 0 Å². The van der Waals surface area contributed by atoms with Crippen molar-refractivity contribution in [2.75, 3.05) is 19.1 Å². The van der Waals surface area contributed by atoms with Gasteiger partial charge in [-0.25, -0.2) is 0 Å². The highest BCUT2D eigenvalue weighted by Gasteiger charge is 2.43. The zero-order valence-corrected chi connectivity index (χ0v) is 14.3. The lowest BCUT2D eigenvalue weighted by atomic mass is 9.70. The van der Waals surface area contributed by atoms with E-state index in [1.54, 1.807) is 18.9 Å². The third-order valence-electron chi connectivity index (χ3n) is 4.60. The van der Waals surface area contributed by atoms with Gasteiger partial charge in [0.25, 0.3) is 0 Å². The van der Waals surface area contributed by atoms with Crippen LogP contribution in [-0.4, -0.2) is 29.3 Å². The third kappa shape index (κ3) is 3.79. The fourth-order valence-electron chi connectivity index (χ4n) is 2.79. The molecule has 1 saturated carbocycles. The number of nitrogens with two attached hydrogens (primary N) is 1. The standard InChI is InChI=1S/C15H27N3O2S/c1-14(2)6-8-15(19-3,9-7-14)13-17-12(20-18-13)11(16)5-10-21-4/h11H,5-10,16H2,1-4H3. The summed E-state index contributed by atoms with van der Waals surface area (Å²) >= 11 is 1.77. The smallest absolute Gasteiger partial charge is 0.243 e. The molecule has 1 unspecified atom stereocenters. The van der Waals surface area contributed by atoms with E-state index in [-0.39, 0.29) is 6.04 Å².